The first-order valence-electron chi connectivity index (χ1n) is 5.72. The molecule has 0 aromatic carbocycles. The highest BCUT2D eigenvalue weighted by Gasteiger charge is 2.29. The summed E-state index contributed by atoms with van der Waals surface area (Å²) in [5.74, 6) is 0.774. The maximum absolute atomic E-state index is 11.9. The molecule has 0 unspecified atom stereocenters. The molecule has 0 bridgehead atoms. The number of nitrogens with one attached hydrogen (secondary N) is 2. The van der Waals surface area contributed by atoms with Gasteiger partial charge in [0.1, 0.15) is 11.9 Å². The summed E-state index contributed by atoms with van der Waals surface area (Å²) in [4.78, 5) is 27.5. The number of nitrogens with zero attached hydrogens (tertiary/aromatic N) is 1. The number of aryl methyl sites for hydroxylation is 1. The van der Waals surface area contributed by atoms with E-state index in [0.29, 0.717) is 11.6 Å². The molecule has 1 aliphatic rings. The van der Waals surface area contributed by atoms with Crippen LogP contribution in [0.1, 0.15) is 12.5 Å². The van der Waals surface area contributed by atoms with E-state index in [9.17, 15) is 9.59 Å². The Balaban J connectivity index is 1.96. The molecule has 96 valence electrons. The fourth-order valence-electron chi connectivity index (χ4n) is 1.54. The molecule has 1 aliphatic heterocycles. The molecular weight excluding hydrogens is 250 g/mol. The first-order chi connectivity index (χ1) is 8.56. The lowest BCUT2D eigenvalue weighted by atomic mass is 10.2. The molecule has 0 spiro atoms. The second-order valence-electron chi connectivity index (χ2n) is 4.25. The molecular formula is C12H15N3O2S. The van der Waals surface area contributed by atoms with Crippen LogP contribution < -0.4 is 10.6 Å². The third-order valence-electron chi connectivity index (χ3n) is 2.68. The van der Waals surface area contributed by atoms with Gasteiger partial charge in [-0.2, -0.15) is 0 Å². The number of aromatic nitrogens is 1. The lowest BCUT2D eigenvalue weighted by molar-refractivity contribution is -0.125. The molecule has 1 saturated heterocycles. The molecule has 2 amide bonds. The molecule has 18 heavy (non-hydrogen) atoms. The normalized spacial score (nSPS) is 23.3. The summed E-state index contributed by atoms with van der Waals surface area (Å²) in [6.45, 7) is 3.76. The van der Waals surface area contributed by atoms with Crippen LogP contribution in [-0.4, -0.2) is 33.8 Å². The number of hydrogen-bond donors (Lipinski definition) is 2. The number of carbonyl (C=O) groups is 2. The summed E-state index contributed by atoms with van der Waals surface area (Å²) in [5.41, 5.74) is 1.03. The summed E-state index contributed by atoms with van der Waals surface area (Å²) in [5, 5.41) is 5.30. The zero-order chi connectivity index (χ0) is 13.1. The van der Waals surface area contributed by atoms with E-state index in [1.807, 2.05) is 19.9 Å². The number of thioether (sulfide) groups is 1. The minimum atomic E-state index is -0.484. The second kappa shape index (κ2) is 5.39. The topological polar surface area (TPSA) is 71.1 Å². The van der Waals surface area contributed by atoms with E-state index in [0.717, 1.165) is 5.56 Å². The quantitative estimate of drug-likeness (QED) is 0.835. The lowest BCUT2D eigenvalue weighted by Crippen LogP contribution is -2.51. The Bertz CT molecular complexity index is 461. The van der Waals surface area contributed by atoms with Gasteiger partial charge in [0.25, 0.3) is 0 Å². The summed E-state index contributed by atoms with van der Waals surface area (Å²) >= 11 is 1.48. The van der Waals surface area contributed by atoms with E-state index in [1.54, 1.807) is 12.3 Å². The van der Waals surface area contributed by atoms with Crippen molar-refractivity contribution in [1.29, 1.82) is 0 Å². The van der Waals surface area contributed by atoms with Gasteiger partial charge in [-0.3, -0.25) is 9.59 Å². The van der Waals surface area contributed by atoms with Gasteiger partial charge in [-0.15, -0.1) is 11.8 Å². The third-order valence-corrected chi connectivity index (χ3v) is 3.92. The molecule has 1 fully saturated rings. The fraction of sp³-hybridized carbons (Fsp3) is 0.417. The zero-order valence-corrected chi connectivity index (χ0v) is 11.1. The first kappa shape index (κ1) is 12.9. The monoisotopic (exact) mass is 265 g/mol. The van der Waals surface area contributed by atoms with E-state index in [2.05, 4.69) is 15.6 Å². The van der Waals surface area contributed by atoms with Gasteiger partial charge in [0.2, 0.25) is 11.8 Å². The molecule has 0 radical (unpaired) electrons. The van der Waals surface area contributed by atoms with E-state index >= 15 is 0 Å². The summed E-state index contributed by atoms with van der Waals surface area (Å²) in [6, 6.07) is 3.13. The summed E-state index contributed by atoms with van der Waals surface area (Å²) in [6.07, 6.45) is 1.69. The minimum Gasteiger partial charge on any atom is -0.343 e. The maximum atomic E-state index is 11.9. The SMILES string of the molecule is Cc1ccc(NC(=O)[C@H]2CS[C@H](C)C(=O)N2)nc1. The zero-order valence-electron chi connectivity index (χ0n) is 10.3. The molecule has 2 heterocycles. The average Bonchev–Trinajstić information content (AvgIpc) is 2.35. The maximum Gasteiger partial charge on any atom is 0.248 e. The van der Waals surface area contributed by atoms with Gasteiger partial charge >= 0.3 is 0 Å². The average molecular weight is 265 g/mol. The Hall–Kier alpha value is -1.56. The largest absolute Gasteiger partial charge is 0.343 e. The Morgan fingerprint density at radius 3 is 2.94 bits per heavy atom. The van der Waals surface area contributed by atoms with Crippen LogP contribution in [-0.2, 0) is 9.59 Å². The van der Waals surface area contributed by atoms with E-state index in [4.69, 9.17) is 0 Å². The second-order valence-corrected chi connectivity index (χ2v) is 5.62. The van der Waals surface area contributed by atoms with Crippen LogP contribution in [0.3, 0.4) is 0 Å². The number of carbonyl (C=O) groups excluding carboxylic acids is 2. The van der Waals surface area contributed by atoms with Crippen molar-refractivity contribution in [3.63, 3.8) is 0 Å². The molecule has 1 aromatic rings. The van der Waals surface area contributed by atoms with Gasteiger partial charge in [0.15, 0.2) is 0 Å². The lowest BCUT2D eigenvalue weighted by Gasteiger charge is -2.25. The van der Waals surface area contributed by atoms with E-state index in [1.165, 1.54) is 11.8 Å². The highest BCUT2D eigenvalue weighted by atomic mass is 32.2. The van der Waals surface area contributed by atoms with E-state index < -0.39 is 6.04 Å². The highest BCUT2D eigenvalue weighted by Crippen LogP contribution is 2.18. The Morgan fingerprint density at radius 2 is 2.33 bits per heavy atom. The molecule has 5 nitrogen and oxygen atoms in total. The smallest absolute Gasteiger partial charge is 0.248 e. The summed E-state index contributed by atoms with van der Waals surface area (Å²) in [7, 11) is 0. The van der Waals surface area contributed by atoms with Crippen molar-refractivity contribution in [2.75, 3.05) is 11.1 Å². The van der Waals surface area contributed by atoms with Crippen LogP contribution in [0.25, 0.3) is 0 Å². The van der Waals surface area contributed by atoms with Gasteiger partial charge in [-0.1, -0.05) is 6.07 Å². The van der Waals surface area contributed by atoms with Crippen molar-refractivity contribution in [3.05, 3.63) is 23.9 Å². The molecule has 2 rings (SSSR count). The van der Waals surface area contributed by atoms with Crippen molar-refractivity contribution in [3.8, 4) is 0 Å². The van der Waals surface area contributed by atoms with Crippen molar-refractivity contribution in [2.24, 2.45) is 0 Å². The number of anilines is 1. The fourth-order valence-corrected chi connectivity index (χ4v) is 2.48. The van der Waals surface area contributed by atoms with Crippen LogP contribution >= 0.6 is 11.8 Å². The van der Waals surface area contributed by atoms with Crippen LogP contribution in [0.4, 0.5) is 5.82 Å². The number of pyridine rings is 1. The highest BCUT2D eigenvalue weighted by molar-refractivity contribution is 8.00. The van der Waals surface area contributed by atoms with Crippen LogP contribution in [0.2, 0.25) is 0 Å². The third kappa shape index (κ3) is 3.01. The van der Waals surface area contributed by atoms with Crippen LogP contribution in [0.15, 0.2) is 18.3 Å². The Labute approximate surface area is 110 Å². The van der Waals surface area contributed by atoms with Crippen LogP contribution in [0, 0.1) is 6.92 Å². The van der Waals surface area contributed by atoms with Crippen molar-refractivity contribution in [1.82, 2.24) is 10.3 Å². The molecule has 6 heteroatoms. The van der Waals surface area contributed by atoms with Gasteiger partial charge in [0.05, 0.1) is 5.25 Å². The summed E-state index contributed by atoms with van der Waals surface area (Å²) < 4.78 is 0. The molecule has 2 N–H and O–H groups in total. The van der Waals surface area contributed by atoms with Gasteiger partial charge in [-0.05, 0) is 25.5 Å². The Kier molecular flexibility index (Phi) is 3.86. The van der Waals surface area contributed by atoms with Crippen molar-refractivity contribution < 1.29 is 9.59 Å². The predicted molar refractivity (Wildman–Crippen MR) is 71.5 cm³/mol. The minimum absolute atomic E-state index is 0.0912. The molecule has 1 aromatic heterocycles. The van der Waals surface area contributed by atoms with Crippen LogP contribution in [0.5, 0.6) is 0 Å². The molecule has 0 saturated carbocycles. The Morgan fingerprint density at radius 1 is 1.56 bits per heavy atom. The number of amides is 2. The van der Waals surface area contributed by atoms with Gasteiger partial charge in [-0.25, -0.2) is 4.98 Å². The molecule has 0 aliphatic carbocycles. The van der Waals surface area contributed by atoms with Gasteiger partial charge in [0, 0.05) is 11.9 Å². The number of hydrogen-bond acceptors (Lipinski definition) is 4. The standard InChI is InChI=1S/C12H15N3O2S/c1-7-3-4-10(13-5-7)15-12(17)9-6-18-8(2)11(16)14-9/h3-5,8-9H,6H2,1-2H3,(H,14,16)(H,13,15,17)/t8-,9-/m1/s1. The first-order valence-corrected chi connectivity index (χ1v) is 6.76. The molecule has 2 atom stereocenters. The number of rotatable bonds is 2. The van der Waals surface area contributed by atoms with Crippen molar-refractivity contribution in [2.45, 2.75) is 25.1 Å². The van der Waals surface area contributed by atoms with E-state index in [-0.39, 0.29) is 17.1 Å². The van der Waals surface area contributed by atoms with Crippen molar-refractivity contribution >= 4 is 29.4 Å². The van der Waals surface area contributed by atoms with Gasteiger partial charge < -0.3 is 10.6 Å². The predicted octanol–water partition coefficient (Wildman–Crippen LogP) is 0.949.